The number of pyridine rings is 1. The Bertz CT molecular complexity index is 1250. The molecule has 0 saturated carbocycles. The van der Waals surface area contributed by atoms with Gasteiger partial charge in [0.2, 0.25) is 0 Å². The molecule has 29 heavy (non-hydrogen) atoms. The zero-order valence-electron chi connectivity index (χ0n) is 16.6. The first-order valence-corrected chi connectivity index (χ1v) is 9.28. The number of para-hydroxylation sites is 1. The van der Waals surface area contributed by atoms with E-state index in [4.69, 9.17) is 4.52 Å². The average molecular weight is 391 g/mol. The number of fused-ring (bicyclic) bond motifs is 2. The van der Waals surface area contributed by atoms with Gasteiger partial charge in [0.05, 0.1) is 22.2 Å². The Labute approximate surface area is 166 Å². The number of nitrogens with zero attached hydrogens (tertiary/aromatic N) is 3. The van der Waals surface area contributed by atoms with Crippen molar-refractivity contribution >= 4 is 33.8 Å². The van der Waals surface area contributed by atoms with E-state index in [0.29, 0.717) is 33.6 Å². The van der Waals surface area contributed by atoms with E-state index < -0.39 is 11.8 Å². The van der Waals surface area contributed by atoms with Crippen LogP contribution < -0.4 is 10.9 Å². The van der Waals surface area contributed by atoms with Gasteiger partial charge in [-0.25, -0.2) is 4.98 Å². The van der Waals surface area contributed by atoms with Crippen molar-refractivity contribution in [2.75, 3.05) is 0 Å². The molecule has 0 bridgehead atoms. The van der Waals surface area contributed by atoms with Crippen LogP contribution >= 0.6 is 0 Å². The van der Waals surface area contributed by atoms with Gasteiger partial charge in [-0.2, -0.15) is 0 Å². The number of hydrogen-bond acceptors (Lipinski definition) is 5. The molecule has 0 spiro atoms. The highest BCUT2D eigenvalue weighted by Gasteiger charge is 2.21. The first-order valence-electron chi connectivity index (χ1n) is 9.28. The third-order valence-corrected chi connectivity index (χ3v) is 4.90. The van der Waals surface area contributed by atoms with Crippen molar-refractivity contribution in [1.29, 1.82) is 0 Å². The molecule has 4 rings (SSSR count). The summed E-state index contributed by atoms with van der Waals surface area (Å²) in [5.74, 6) is -0.757. The topological polar surface area (TPSA) is 102 Å². The van der Waals surface area contributed by atoms with Gasteiger partial charge in [-0.15, -0.1) is 0 Å². The zero-order valence-corrected chi connectivity index (χ0v) is 16.6. The van der Waals surface area contributed by atoms with Crippen LogP contribution in [0.15, 0.2) is 41.1 Å². The quantitative estimate of drug-likeness (QED) is 0.522. The largest absolute Gasteiger partial charge is 0.350 e. The molecule has 2 amide bonds. The smallest absolute Gasteiger partial charge is 0.271 e. The van der Waals surface area contributed by atoms with E-state index in [2.05, 4.69) is 21.0 Å². The second-order valence-electron chi connectivity index (χ2n) is 7.28. The summed E-state index contributed by atoms with van der Waals surface area (Å²) in [6.07, 6.45) is 1.73. The van der Waals surface area contributed by atoms with Crippen LogP contribution in [0.4, 0.5) is 0 Å². The number of nitrogens with one attached hydrogen (secondary N) is 2. The molecule has 3 aromatic heterocycles. The van der Waals surface area contributed by atoms with Crippen molar-refractivity contribution in [1.82, 2.24) is 25.6 Å². The lowest BCUT2D eigenvalue weighted by Gasteiger charge is -2.10. The molecule has 0 radical (unpaired) electrons. The minimum Gasteiger partial charge on any atom is -0.350 e. The van der Waals surface area contributed by atoms with Crippen molar-refractivity contribution < 1.29 is 14.1 Å². The Morgan fingerprint density at radius 1 is 1.10 bits per heavy atom. The Morgan fingerprint density at radius 3 is 2.52 bits per heavy atom. The Balaban J connectivity index is 1.61. The number of hydrazine groups is 1. The minimum atomic E-state index is -0.459. The van der Waals surface area contributed by atoms with Gasteiger partial charge in [0, 0.05) is 29.8 Å². The van der Waals surface area contributed by atoms with Gasteiger partial charge in [-0.05, 0) is 25.0 Å². The van der Waals surface area contributed by atoms with E-state index in [9.17, 15) is 9.59 Å². The summed E-state index contributed by atoms with van der Waals surface area (Å²) in [4.78, 5) is 30.0. The lowest BCUT2D eigenvalue weighted by atomic mass is 10.0. The highest BCUT2D eigenvalue weighted by molar-refractivity contribution is 6.10. The van der Waals surface area contributed by atoms with Crippen molar-refractivity contribution in [2.45, 2.75) is 26.7 Å². The molecule has 8 nitrogen and oxygen atoms in total. The lowest BCUT2D eigenvalue weighted by Crippen LogP contribution is -2.41. The molecule has 3 heterocycles. The summed E-state index contributed by atoms with van der Waals surface area (Å²) >= 11 is 0. The maximum absolute atomic E-state index is 12.9. The van der Waals surface area contributed by atoms with E-state index in [0.717, 1.165) is 10.9 Å². The molecular formula is C21H21N5O3. The number of carbonyl (C=O) groups is 2. The SMILES string of the molecule is Cc1noc2nc(C(C)C)cc(C(=O)NNC(=O)c3cn(C)c4ccccc34)c12. The standard InChI is InChI=1S/C21H21N5O3/c1-11(2)16-9-14(18-12(3)25-29-21(18)22-16)19(27)23-24-20(28)15-10-26(4)17-8-6-5-7-13(15)17/h5-11H,1-4H3,(H,23,27)(H,24,28). The second kappa shape index (κ2) is 7.05. The van der Waals surface area contributed by atoms with E-state index in [1.54, 1.807) is 19.2 Å². The lowest BCUT2D eigenvalue weighted by molar-refractivity contribution is 0.0848. The van der Waals surface area contributed by atoms with Crippen molar-refractivity contribution in [3.05, 3.63) is 59.0 Å². The highest BCUT2D eigenvalue weighted by Crippen LogP contribution is 2.25. The molecule has 0 aliphatic rings. The molecule has 0 aliphatic carbocycles. The molecular weight excluding hydrogens is 370 g/mol. The third-order valence-electron chi connectivity index (χ3n) is 4.90. The van der Waals surface area contributed by atoms with Crippen molar-refractivity contribution in [3.63, 3.8) is 0 Å². The summed E-state index contributed by atoms with van der Waals surface area (Å²) in [6.45, 7) is 5.69. The van der Waals surface area contributed by atoms with E-state index >= 15 is 0 Å². The van der Waals surface area contributed by atoms with E-state index in [1.165, 1.54) is 0 Å². The number of benzene rings is 1. The van der Waals surface area contributed by atoms with Crippen LogP contribution in [0.3, 0.4) is 0 Å². The van der Waals surface area contributed by atoms with Gasteiger partial charge in [-0.3, -0.25) is 20.4 Å². The highest BCUT2D eigenvalue weighted by atomic mass is 16.5. The Kier molecular flexibility index (Phi) is 4.54. The zero-order chi connectivity index (χ0) is 20.7. The molecule has 0 saturated heterocycles. The fraction of sp³-hybridized carbons (Fsp3) is 0.238. The van der Waals surface area contributed by atoms with Crippen LogP contribution in [-0.4, -0.2) is 26.5 Å². The second-order valence-corrected chi connectivity index (χ2v) is 7.28. The van der Waals surface area contributed by atoms with E-state index in [1.807, 2.05) is 49.7 Å². The molecule has 8 heteroatoms. The van der Waals surface area contributed by atoms with Crippen LogP contribution in [0.5, 0.6) is 0 Å². The maximum atomic E-state index is 12.9. The molecule has 0 fully saturated rings. The summed E-state index contributed by atoms with van der Waals surface area (Å²) < 4.78 is 7.11. The van der Waals surface area contributed by atoms with Gasteiger partial charge in [0.25, 0.3) is 17.5 Å². The van der Waals surface area contributed by atoms with Crippen LogP contribution in [0, 0.1) is 6.92 Å². The first kappa shape index (κ1) is 18.7. The molecule has 0 aliphatic heterocycles. The summed E-state index contributed by atoms with van der Waals surface area (Å²) in [5, 5.41) is 5.26. The molecule has 2 N–H and O–H groups in total. The van der Waals surface area contributed by atoms with Crippen LogP contribution in [0.25, 0.3) is 22.0 Å². The number of rotatable bonds is 3. The monoisotopic (exact) mass is 391 g/mol. The Morgan fingerprint density at radius 2 is 1.79 bits per heavy atom. The number of amides is 2. The summed E-state index contributed by atoms with van der Waals surface area (Å²) in [5.41, 5.74) is 8.35. The maximum Gasteiger partial charge on any atom is 0.271 e. The van der Waals surface area contributed by atoms with Crippen LogP contribution in [-0.2, 0) is 7.05 Å². The van der Waals surface area contributed by atoms with Crippen LogP contribution in [0.1, 0.15) is 51.9 Å². The molecule has 1 aromatic carbocycles. The molecule has 148 valence electrons. The predicted molar refractivity (Wildman–Crippen MR) is 108 cm³/mol. The number of aryl methyl sites for hydroxylation is 2. The Hall–Kier alpha value is -3.68. The van der Waals surface area contributed by atoms with Gasteiger partial charge >= 0.3 is 0 Å². The van der Waals surface area contributed by atoms with Gasteiger partial charge in [0.1, 0.15) is 0 Å². The average Bonchev–Trinajstić information content (AvgIpc) is 3.26. The third kappa shape index (κ3) is 3.22. The summed E-state index contributed by atoms with van der Waals surface area (Å²) in [6, 6.07) is 9.28. The fourth-order valence-electron chi connectivity index (χ4n) is 3.36. The van der Waals surface area contributed by atoms with Crippen LogP contribution in [0.2, 0.25) is 0 Å². The minimum absolute atomic E-state index is 0.0987. The van der Waals surface area contributed by atoms with Gasteiger partial charge in [0.15, 0.2) is 0 Å². The number of aromatic nitrogens is 3. The number of carbonyl (C=O) groups excluding carboxylic acids is 2. The normalized spacial score (nSPS) is 11.3. The molecule has 4 aromatic rings. The predicted octanol–water partition coefficient (Wildman–Crippen LogP) is 3.22. The first-order chi connectivity index (χ1) is 13.9. The van der Waals surface area contributed by atoms with Crippen molar-refractivity contribution in [2.24, 2.45) is 7.05 Å². The number of hydrogen-bond donors (Lipinski definition) is 2. The van der Waals surface area contributed by atoms with Crippen molar-refractivity contribution in [3.8, 4) is 0 Å². The molecule has 0 atom stereocenters. The van der Waals surface area contributed by atoms with E-state index in [-0.39, 0.29) is 5.92 Å². The fourth-order valence-corrected chi connectivity index (χ4v) is 3.36. The molecule has 0 unspecified atom stereocenters. The van der Waals surface area contributed by atoms with Gasteiger partial charge in [-0.1, -0.05) is 37.2 Å². The summed E-state index contributed by atoms with van der Waals surface area (Å²) in [7, 11) is 1.87. The van der Waals surface area contributed by atoms with Gasteiger partial charge < -0.3 is 9.09 Å².